The van der Waals surface area contributed by atoms with E-state index in [1.165, 1.54) is 12.1 Å². The Morgan fingerprint density at radius 2 is 1.75 bits per heavy atom. The molecule has 1 heterocycles. The number of carbonyl (C=O) groups excluding carboxylic acids is 1. The van der Waals surface area contributed by atoms with Gasteiger partial charge in [-0.2, -0.15) is 0 Å². The van der Waals surface area contributed by atoms with Gasteiger partial charge in [0.25, 0.3) is 5.91 Å². The summed E-state index contributed by atoms with van der Waals surface area (Å²) in [6, 6.07) is 6.34. The van der Waals surface area contributed by atoms with Gasteiger partial charge in [0.15, 0.2) is 9.84 Å². The number of benzene rings is 1. The van der Waals surface area contributed by atoms with Crippen molar-refractivity contribution in [2.75, 3.05) is 19.3 Å². The average Bonchev–Trinajstić information content (AvgIpc) is 2.81. The van der Waals surface area contributed by atoms with Gasteiger partial charge in [0.2, 0.25) is 0 Å². The highest BCUT2D eigenvalue weighted by molar-refractivity contribution is 7.90. The lowest BCUT2D eigenvalue weighted by atomic mass is 10.2. The quantitative estimate of drug-likeness (QED) is 0.849. The molecule has 0 radical (unpaired) electrons. The van der Waals surface area contributed by atoms with Crippen molar-refractivity contribution in [3.63, 3.8) is 0 Å². The lowest BCUT2D eigenvalue weighted by Gasteiger charge is -2.08. The minimum atomic E-state index is -3.21. The molecule has 1 aromatic carbocycles. The Morgan fingerprint density at radius 1 is 1.20 bits per heavy atom. The molecule has 2 aliphatic rings. The third-order valence-electron chi connectivity index (χ3n) is 3.93. The summed E-state index contributed by atoms with van der Waals surface area (Å²) < 4.78 is 22.7. The third kappa shape index (κ3) is 2.82. The number of hydrogen-bond donors (Lipinski definition) is 2. The third-order valence-corrected chi connectivity index (χ3v) is 5.06. The van der Waals surface area contributed by atoms with Gasteiger partial charge in [-0.25, -0.2) is 8.42 Å². The Morgan fingerprint density at radius 3 is 2.25 bits per heavy atom. The molecule has 0 spiro atoms. The van der Waals surface area contributed by atoms with Gasteiger partial charge in [-0.05, 0) is 36.1 Å². The molecule has 1 saturated carbocycles. The molecule has 1 aliphatic heterocycles. The zero-order valence-electron chi connectivity index (χ0n) is 11.0. The molecule has 1 aliphatic carbocycles. The molecular weight excluding hydrogens is 300 g/mol. The number of halogens is 1. The minimum Gasteiger partial charge on any atom is -0.349 e. The summed E-state index contributed by atoms with van der Waals surface area (Å²) in [6.07, 6.45) is 1.15. The second-order valence-electron chi connectivity index (χ2n) is 5.28. The maximum atomic E-state index is 12.0. The smallest absolute Gasteiger partial charge is 0.251 e. The van der Waals surface area contributed by atoms with Crippen LogP contribution in [0.2, 0.25) is 0 Å². The first-order valence-electron chi connectivity index (χ1n) is 6.28. The van der Waals surface area contributed by atoms with E-state index in [2.05, 4.69) is 10.6 Å². The standard InChI is InChI=1S/C13H16N2O3S.ClH/c1-19(17,18)9-4-2-8(3-5-9)13(16)15-12-10-6-14-7-11(10)12;/h2-5,10-12,14H,6-7H2,1H3,(H,15,16);1H. The maximum Gasteiger partial charge on any atom is 0.251 e. The lowest BCUT2D eigenvalue weighted by Crippen LogP contribution is -2.32. The highest BCUT2D eigenvalue weighted by Gasteiger charge is 2.53. The number of hydrogen-bond acceptors (Lipinski definition) is 4. The molecule has 1 saturated heterocycles. The molecule has 1 aromatic rings. The summed E-state index contributed by atoms with van der Waals surface area (Å²) in [7, 11) is -3.21. The first kappa shape index (κ1) is 15.3. The highest BCUT2D eigenvalue weighted by Crippen LogP contribution is 2.41. The van der Waals surface area contributed by atoms with Crippen molar-refractivity contribution in [3.8, 4) is 0 Å². The van der Waals surface area contributed by atoms with Crippen LogP contribution in [0.15, 0.2) is 29.2 Å². The first-order valence-corrected chi connectivity index (χ1v) is 8.17. The fourth-order valence-corrected chi connectivity index (χ4v) is 3.35. The zero-order valence-corrected chi connectivity index (χ0v) is 12.6. The van der Waals surface area contributed by atoms with Crippen LogP contribution in [0.5, 0.6) is 0 Å². The summed E-state index contributed by atoms with van der Waals surface area (Å²) in [5.74, 6) is 1.01. The predicted octanol–water partition coefficient (Wildman–Crippen LogP) is 0.460. The van der Waals surface area contributed by atoms with Gasteiger partial charge >= 0.3 is 0 Å². The fourth-order valence-electron chi connectivity index (χ4n) is 2.72. The Balaban J connectivity index is 0.00000147. The summed E-state index contributed by atoms with van der Waals surface area (Å²) in [5, 5.41) is 6.27. The van der Waals surface area contributed by atoms with E-state index in [0.717, 1.165) is 19.3 Å². The van der Waals surface area contributed by atoms with E-state index in [1.54, 1.807) is 12.1 Å². The first-order chi connectivity index (χ1) is 8.97. The van der Waals surface area contributed by atoms with Crippen LogP contribution >= 0.6 is 12.4 Å². The van der Waals surface area contributed by atoms with E-state index in [4.69, 9.17) is 0 Å². The van der Waals surface area contributed by atoms with E-state index in [-0.39, 0.29) is 29.3 Å². The van der Waals surface area contributed by atoms with Crippen molar-refractivity contribution in [2.45, 2.75) is 10.9 Å². The number of piperidine rings is 1. The Labute approximate surface area is 124 Å². The summed E-state index contributed by atoms with van der Waals surface area (Å²) >= 11 is 0. The molecule has 20 heavy (non-hydrogen) atoms. The number of carbonyl (C=O) groups is 1. The molecule has 110 valence electrons. The van der Waals surface area contributed by atoms with Gasteiger partial charge in [-0.1, -0.05) is 0 Å². The second-order valence-corrected chi connectivity index (χ2v) is 7.30. The lowest BCUT2D eigenvalue weighted by molar-refractivity contribution is 0.0946. The van der Waals surface area contributed by atoms with E-state index in [9.17, 15) is 13.2 Å². The minimum absolute atomic E-state index is 0. The molecule has 0 aromatic heterocycles. The van der Waals surface area contributed by atoms with Crippen molar-refractivity contribution < 1.29 is 13.2 Å². The predicted molar refractivity (Wildman–Crippen MR) is 77.9 cm³/mol. The van der Waals surface area contributed by atoms with Crippen molar-refractivity contribution in [2.24, 2.45) is 11.8 Å². The molecule has 2 atom stereocenters. The molecule has 7 heteroatoms. The van der Waals surface area contributed by atoms with Gasteiger partial charge in [0.1, 0.15) is 0 Å². The van der Waals surface area contributed by atoms with Crippen LogP contribution < -0.4 is 10.6 Å². The van der Waals surface area contributed by atoms with Gasteiger partial charge < -0.3 is 10.6 Å². The Kier molecular flexibility index (Phi) is 4.09. The van der Waals surface area contributed by atoms with Crippen molar-refractivity contribution in [1.29, 1.82) is 0 Å². The molecule has 5 nitrogen and oxygen atoms in total. The summed E-state index contributed by atoms with van der Waals surface area (Å²) in [4.78, 5) is 12.2. The van der Waals surface area contributed by atoms with Gasteiger partial charge in [-0.3, -0.25) is 4.79 Å². The average molecular weight is 317 g/mol. The molecule has 3 rings (SSSR count). The van der Waals surface area contributed by atoms with Gasteiger partial charge in [0.05, 0.1) is 4.90 Å². The molecular formula is C13H17ClN2O3S. The topological polar surface area (TPSA) is 75.3 Å². The fraction of sp³-hybridized carbons (Fsp3) is 0.462. The molecule has 2 fully saturated rings. The van der Waals surface area contributed by atoms with E-state index >= 15 is 0 Å². The van der Waals surface area contributed by atoms with Crippen molar-refractivity contribution in [1.82, 2.24) is 10.6 Å². The van der Waals surface area contributed by atoms with E-state index < -0.39 is 9.84 Å². The number of amides is 1. The second kappa shape index (κ2) is 5.35. The normalized spacial score (nSPS) is 27.4. The van der Waals surface area contributed by atoms with Crippen LogP contribution in [-0.4, -0.2) is 39.7 Å². The number of sulfone groups is 1. The van der Waals surface area contributed by atoms with Crippen LogP contribution in [0.25, 0.3) is 0 Å². The number of fused-ring (bicyclic) bond motifs is 1. The van der Waals surface area contributed by atoms with Crippen LogP contribution in [-0.2, 0) is 9.84 Å². The zero-order chi connectivity index (χ0) is 13.6. The number of rotatable bonds is 3. The molecule has 2 N–H and O–H groups in total. The summed E-state index contributed by atoms with van der Waals surface area (Å²) in [6.45, 7) is 1.95. The molecule has 2 unspecified atom stereocenters. The van der Waals surface area contributed by atoms with E-state index in [0.29, 0.717) is 17.4 Å². The number of nitrogens with one attached hydrogen (secondary N) is 2. The maximum absolute atomic E-state index is 12.0. The molecule has 0 bridgehead atoms. The molecule has 1 amide bonds. The highest BCUT2D eigenvalue weighted by atomic mass is 35.5. The largest absolute Gasteiger partial charge is 0.349 e. The Hall–Kier alpha value is -1.11. The van der Waals surface area contributed by atoms with Crippen LogP contribution in [0, 0.1) is 11.8 Å². The van der Waals surface area contributed by atoms with Crippen LogP contribution in [0.4, 0.5) is 0 Å². The van der Waals surface area contributed by atoms with Crippen LogP contribution in [0.3, 0.4) is 0 Å². The van der Waals surface area contributed by atoms with Gasteiger partial charge in [0, 0.05) is 31.0 Å². The van der Waals surface area contributed by atoms with Crippen molar-refractivity contribution >= 4 is 28.2 Å². The van der Waals surface area contributed by atoms with E-state index in [1.807, 2.05) is 0 Å². The van der Waals surface area contributed by atoms with Gasteiger partial charge in [-0.15, -0.1) is 12.4 Å². The van der Waals surface area contributed by atoms with Crippen molar-refractivity contribution in [3.05, 3.63) is 29.8 Å². The monoisotopic (exact) mass is 316 g/mol. The SMILES string of the molecule is CS(=O)(=O)c1ccc(C(=O)NC2C3CNCC32)cc1.Cl. The summed E-state index contributed by atoms with van der Waals surface area (Å²) in [5.41, 5.74) is 0.505. The Bertz CT molecular complexity index is 605. The van der Waals surface area contributed by atoms with Crippen LogP contribution in [0.1, 0.15) is 10.4 Å².